The van der Waals surface area contributed by atoms with Gasteiger partial charge in [0, 0.05) is 5.69 Å². The Morgan fingerprint density at radius 1 is 1.00 bits per heavy atom. The van der Waals surface area contributed by atoms with E-state index in [1.807, 2.05) is 30.3 Å². The van der Waals surface area contributed by atoms with Gasteiger partial charge >= 0.3 is 0 Å². The first-order valence-electron chi connectivity index (χ1n) is 10.6. The van der Waals surface area contributed by atoms with Crippen molar-refractivity contribution in [2.45, 2.75) is 46.5 Å². The molecule has 0 heterocycles. The molecule has 0 bridgehead atoms. The van der Waals surface area contributed by atoms with Crippen LogP contribution in [0.25, 0.3) is 0 Å². The SMILES string of the molecule is CCCCCCOc1ccc(NC(=S)NC(=O)c2ccccc2OCC(C)C)cc1. The average molecular weight is 429 g/mol. The average Bonchev–Trinajstić information content (AvgIpc) is 2.73. The van der Waals surface area contributed by atoms with Crippen LogP contribution in [0.4, 0.5) is 5.69 Å². The predicted molar refractivity (Wildman–Crippen MR) is 127 cm³/mol. The topological polar surface area (TPSA) is 59.6 Å². The van der Waals surface area contributed by atoms with E-state index < -0.39 is 0 Å². The number of ether oxygens (including phenoxy) is 2. The molecule has 0 saturated carbocycles. The molecule has 0 aromatic heterocycles. The number of anilines is 1. The van der Waals surface area contributed by atoms with Crippen LogP contribution >= 0.6 is 12.2 Å². The number of thiocarbonyl (C=S) groups is 1. The van der Waals surface area contributed by atoms with Gasteiger partial charge in [0.2, 0.25) is 0 Å². The molecule has 5 nitrogen and oxygen atoms in total. The van der Waals surface area contributed by atoms with Crippen molar-refractivity contribution in [1.29, 1.82) is 0 Å². The molecule has 0 unspecified atom stereocenters. The maximum absolute atomic E-state index is 12.6. The number of hydrogen-bond donors (Lipinski definition) is 2. The van der Waals surface area contributed by atoms with E-state index >= 15 is 0 Å². The monoisotopic (exact) mass is 428 g/mol. The number of hydrogen-bond acceptors (Lipinski definition) is 4. The van der Waals surface area contributed by atoms with Gasteiger partial charge in [-0.1, -0.05) is 52.2 Å². The van der Waals surface area contributed by atoms with Gasteiger partial charge in [-0.25, -0.2) is 0 Å². The third-order valence-electron chi connectivity index (χ3n) is 4.31. The molecule has 0 aliphatic carbocycles. The Balaban J connectivity index is 1.85. The smallest absolute Gasteiger partial charge is 0.261 e. The zero-order valence-electron chi connectivity index (χ0n) is 18.1. The third-order valence-corrected chi connectivity index (χ3v) is 4.51. The van der Waals surface area contributed by atoms with Gasteiger partial charge in [0.05, 0.1) is 18.8 Å². The lowest BCUT2D eigenvalue weighted by molar-refractivity contribution is 0.0973. The summed E-state index contributed by atoms with van der Waals surface area (Å²) in [6.45, 7) is 7.58. The number of nitrogens with one attached hydrogen (secondary N) is 2. The number of benzene rings is 2. The summed E-state index contributed by atoms with van der Waals surface area (Å²) < 4.78 is 11.5. The van der Waals surface area contributed by atoms with E-state index in [1.54, 1.807) is 18.2 Å². The molecule has 162 valence electrons. The largest absolute Gasteiger partial charge is 0.494 e. The summed E-state index contributed by atoms with van der Waals surface area (Å²) in [5.41, 5.74) is 1.23. The predicted octanol–water partition coefficient (Wildman–Crippen LogP) is 5.81. The highest BCUT2D eigenvalue weighted by Gasteiger charge is 2.14. The van der Waals surface area contributed by atoms with Crippen LogP contribution < -0.4 is 20.1 Å². The Morgan fingerprint density at radius 2 is 1.73 bits per heavy atom. The molecule has 2 N–H and O–H groups in total. The van der Waals surface area contributed by atoms with E-state index in [9.17, 15) is 4.79 Å². The Morgan fingerprint density at radius 3 is 2.43 bits per heavy atom. The van der Waals surface area contributed by atoms with Crippen LogP contribution in [0.3, 0.4) is 0 Å². The lowest BCUT2D eigenvalue weighted by atomic mass is 10.2. The zero-order chi connectivity index (χ0) is 21.8. The second kappa shape index (κ2) is 12.9. The second-order valence-corrected chi connectivity index (χ2v) is 7.95. The number of rotatable bonds is 11. The minimum absolute atomic E-state index is 0.229. The molecule has 0 aliphatic rings. The molecule has 2 aromatic rings. The Labute approximate surface area is 185 Å². The molecule has 1 amide bonds. The molecule has 0 radical (unpaired) electrons. The number of carbonyl (C=O) groups excluding carboxylic acids is 1. The van der Waals surface area contributed by atoms with E-state index in [-0.39, 0.29) is 11.0 Å². The highest BCUT2D eigenvalue weighted by Crippen LogP contribution is 2.19. The molecular formula is C24H32N2O3S. The summed E-state index contributed by atoms with van der Waals surface area (Å²) >= 11 is 5.29. The number of carbonyl (C=O) groups is 1. The van der Waals surface area contributed by atoms with Crippen LogP contribution in [0.2, 0.25) is 0 Å². The molecule has 0 saturated heterocycles. The van der Waals surface area contributed by atoms with Crippen LogP contribution in [-0.2, 0) is 0 Å². The van der Waals surface area contributed by atoms with Crippen molar-refractivity contribution in [3.05, 3.63) is 54.1 Å². The van der Waals surface area contributed by atoms with Crippen molar-refractivity contribution in [1.82, 2.24) is 5.32 Å². The van der Waals surface area contributed by atoms with Crippen LogP contribution in [-0.4, -0.2) is 24.2 Å². The van der Waals surface area contributed by atoms with E-state index in [0.29, 0.717) is 23.8 Å². The second-order valence-electron chi connectivity index (χ2n) is 7.54. The summed E-state index contributed by atoms with van der Waals surface area (Å²) in [4.78, 5) is 12.6. The summed E-state index contributed by atoms with van der Waals surface area (Å²) in [6, 6.07) is 14.7. The molecule has 0 spiro atoms. The Hall–Kier alpha value is -2.60. The van der Waals surface area contributed by atoms with Crippen molar-refractivity contribution < 1.29 is 14.3 Å². The van der Waals surface area contributed by atoms with Crippen LogP contribution in [0.15, 0.2) is 48.5 Å². The number of amides is 1. The Bertz CT molecular complexity index is 806. The highest BCUT2D eigenvalue weighted by atomic mass is 32.1. The zero-order valence-corrected chi connectivity index (χ0v) is 18.9. The maximum atomic E-state index is 12.6. The van der Waals surface area contributed by atoms with Crippen molar-refractivity contribution >= 4 is 28.9 Å². The van der Waals surface area contributed by atoms with Gasteiger partial charge < -0.3 is 14.8 Å². The fourth-order valence-electron chi connectivity index (χ4n) is 2.72. The van der Waals surface area contributed by atoms with Gasteiger partial charge in [-0.2, -0.15) is 0 Å². The van der Waals surface area contributed by atoms with Gasteiger partial charge in [-0.3, -0.25) is 10.1 Å². The van der Waals surface area contributed by atoms with Crippen molar-refractivity contribution in [2.24, 2.45) is 5.92 Å². The Kier molecular flexibility index (Phi) is 10.1. The molecule has 2 rings (SSSR count). The molecule has 6 heteroatoms. The minimum atomic E-state index is -0.307. The van der Waals surface area contributed by atoms with Gasteiger partial charge in [0.15, 0.2) is 5.11 Å². The minimum Gasteiger partial charge on any atom is -0.494 e. The van der Waals surface area contributed by atoms with Gasteiger partial charge in [-0.15, -0.1) is 0 Å². The highest BCUT2D eigenvalue weighted by molar-refractivity contribution is 7.80. The number of para-hydroxylation sites is 1. The van der Waals surface area contributed by atoms with Crippen LogP contribution in [0.5, 0.6) is 11.5 Å². The van der Waals surface area contributed by atoms with Crippen molar-refractivity contribution in [2.75, 3.05) is 18.5 Å². The first kappa shape index (κ1) is 23.7. The lowest BCUT2D eigenvalue weighted by Gasteiger charge is -2.14. The fourth-order valence-corrected chi connectivity index (χ4v) is 2.93. The standard InChI is InChI=1S/C24H32N2O3S/c1-4-5-6-9-16-28-20-14-12-19(13-15-20)25-24(30)26-23(27)21-10-7-8-11-22(21)29-17-18(2)3/h7-8,10-15,18H,4-6,9,16-17H2,1-3H3,(H2,25,26,27,30). The van der Waals surface area contributed by atoms with E-state index in [1.165, 1.54) is 19.3 Å². The normalized spacial score (nSPS) is 10.5. The molecule has 0 atom stereocenters. The van der Waals surface area contributed by atoms with Crippen molar-refractivity contribution in [3.8, 4) is 11.5 Å². The van der Waals surface area contributed by atoms with E-state index in [2.05, 4.69) is 31.4 Å². The van der Waals surface area contributed by atoms with Crippen molar-refractivity contribution in [3.63, 3.8) is 0 Å². The van der Waals surface area contributed by atoms with Gasteiger partial charge in [0.25, 0.3) is 5.91 Å². The lowest BCUT2D eigenvalue weighted by Crippen LogP contribution is -2.34. The molecular weight excluding hydrogens is 396 g/mol. The van der Waals surface area contributed by atoms with Crippen LogP contribution in [0.1, 0.15) is 56.8 Å². The molecule has 0 aliphatic heterocycles. The maximum Gasteiger partial charge on any atom is 0.261 e. The van der Waals surface area contributed by atoms with E-state index in [0.717, 1.165) is 24.5 Å². The first-order chi connectivity index (χ1) is 14.5. The number of unbranched alkanes of at least 4 members (excludes halogenated alkanes) is 3. The van der Waals surface area contributed by atoms with Crippen LogP contribution in [0, 0.1) is 5.92 Å². The first-order valence-corrected chi connectivity index (χ1v) is 11.0. The van der Waals surface area contributed by atoms with Gasteiger partial charge in [-0.05, 0) is 61.0 Å². The molecule has 30 heavy (non-hydrogen) atoms. The quantitative estimate of drug-likeness (QED) is 0.349. The summed E-state index contributed by atoms with van der Waals surface area (Å²) in [7, 11) is 0. The third kappa shape index (κ3) is 8.41. The van der Waals surface area contributed by atoms with E-state index in [4.69, 9.17) is 21.7 Å². The summed E-state index contributed by atoms with van der Waals surface area (Å²) in [5.74, 6) is 1.43. The van der Waals surface area contributed by atoms with Gasteiger partial charge in [0.1, 0.15) is 11.5 Å². The molecule has 2 aromatic carbocycles. The summed E-state index contributed by atoms with van der Waals surface area (Å²) in [6.07, 6.45) is 4.71. The fraction of sp³-hybridized carbons (Fsp3) is 0.417. The molecule has 0 fully saturated rings. The summed E-state index contributed by atoms with van der Waals surface area (Å²) in [5, 5.41) is 5.97.